The highest BCUT2D eigenvalue weighted by Crippen LogP contribution is 2.29. The Bertz CT molecular complexity index is 553. The second kappa shape index (κ2) is 6.17. The first kappa shape index (κ1) is 14.0. The smallest absolute Gasteiger partial charge is 0.168 e. The summed E-state index contributed by atoms with van der Waals surface area (Å²) in [5, 5.41) is 5.33. The van der Waals surface area contributed by atoms with Gasteiger partial charge in [0.05, 0.1) is 7.11 Å². The fourth-order valence-corrected chi connectivity index (χ4v) is 3.20. The average Bonchev–Trinajstić information content (AvgIpc) is 2.84. The monoisotopic (exact) mass is 279 g/mol. The van der Waals surface area contributed by atoms with Crippen molar-refractivity contribution >= 4 is 11.3 Å². The van der Waals surface area contributed by atoms with Crippen LogP contribution in [-0.2, 0) is 6.42 Å². The molecule has 2 rings (SSSR count). The van der Waals surface area contributed by atoms with Crippen LogP contribution in [0.4, 0.5) is 4.39 Å². The first-order valence-electron chi connectivity index (χ1n) is 6.20. The molecule has 4 heteroatoms. The lowest BCUT2D eigenvalue weighted by atomic mass is 10.0. The minimum Gasteiger partial charge on any atom is -0.494 e. The van der Waals surface area contributed by atoms with Crippen LogP contribution in [0.2, 0.25) is 0 Å². The van der Waals surface area contributed by atoms with E-state index in [0.29, 0.717) is 17.7 Å². The summed E-state index contributed by atoms with van der Waals surface area (Å²) in [5.74, 6) is 0.0368. The van der Waals surface area contributed by atoms with Crippen LogP contribution in [0.1, 0.15) is 22.0 Å². The molecule has 2 aromatic rings. The number of hydrogen-bond acceptors (Lipinski definition) is 3. The molecule has 1 atom stereocenters. The largest absolute Gasteiger partial charge is 0.494 e. The molecule has 0 aliphatic heterocycles. The second-order valence-electron chi connectivity index (χ2n) is 4.45. The number of likely N-dealkylation sites (N-methyl/N-ethyl adjacent to an activating group) is 1. The lowest BCUT2D eigenvalue weighted by Gasteiger charge is -2.17. The number of aryl methyl sites for hydroxylation is 1. The maximum Gasteiger partial charge on any atom is 0.168 e. The number of nitrogens with one attached hydrogen (secondary N) is 1. The Hall–Kier alpha value is -1.39. The van der Waals surface area contributed by atoms with E-state index in [9.17, 15) is 4.39 Å². The van der Waals surface area contributed by atoms with Gasteiger partial charge < -0.3 is 10.1 Å². The van der Waals surface area contributed by atoms with E-state index in [4.69, 9.17) is 4.74 Å². The van der Waals surface area contributed by atoms with Gasteiger partial charge in [-0.2, -0.15) is 0 Å². The van der Waals surface area contributed by atoms with Crippen LogP contribution in [0.3, 0.4) is 0 Å². The summed E-state index contributed by atoms with van der Waals surface area (Å²) in [4.78, 5) is 1.25. The van der Waals surface area contributed by atoms with E-state index in [1.54, 1.807) is 17.4 Å². The number of benzene rings is 1. The summed E-state index contributed by atoms with van der Waals surface area (Å²) >= 11 is 1.70. The summed E-state index contributed by atoms with van der Waals surface area (Å²) in [6.07, 6.45) is 0.612. The van der Waals surface area contributed by atoms with Gasteiger partial charge in [0.25, 0.3) is 0 Å². The summed E-state index contributed by atoms with van der Waals surface area (Å²) in [6.45, 7) is 2.08. The maximum atomic E-state index is 14.2. The van der Waals surface area contributed by atoms with Crippen LogP contribution in [0.5, 0.6) is 5.75 Å². The van der Waals surface area contributed by atoms with E-state index in [1.807, 2.05) is 19.2 Å². The molecule has 0 aliphatic rings. The Morgan fingerprint density at radius 2 is 2.16 bits per heavy atom. The molecule has 0 amide bonds. The molecule has 0 fully saturated rings. The van der Waals surface area contributed by atoms with E-state index in [-0.39, 0.29) is 11.9 Å². The Balaban J connectivity index is 2.27. The molecule has 0 saturated heterocycles. The summed E-state index contributed by atoms with van der Waals surface area (Å²) < 4.78 is 19.2. The Morgan fingerprint density at radius 3 is 2.74 bits per heavy atom. The van der Waals surface area contributed by atoms with Crippen molar-refractivity contribution in [2.75, 3.05) is 14.2 Å². The zero-order valence-electron chi connectivity index (χ0n) is 11.4. The Morgan fingerprint density at radius 1 is 1.37 bits per heavy atom. The van der Waals surface area contributed by atoms with E-state index in [1.165, 1.54) is 17.6 Å². The molecule has 1 N–H and O–H groups in total. The predicted molar refractivity (Wildman–Crippen MR) is 77.5 cm³/mol. The van der Waals surface area contributed by atoms with Crippen molar-refractivity contribution in [3.05, 3.63) is 51.5 Å². The highest BCUT2D eigenvalue weighted by atomic mass is 32.1. The van der Waals surface area contributed by atoms with Crippen molar-refractivity contribution in [1.29, 1.82) is 0 Å². The number of ether oxygens (including phenoxy) is 1. The van der Waals surface area contributed by atoms with Gasteiger partial charge in [-0.05, 0) is 49.0 Å². The van der Waals surface area contributed by atoms with E-state index >= 15 is 0 Å². The lowest BCUT2D eigenvalue weighted by molar-refractivity contribution is 0.383. The van der Waals surface area contributed by atoms with Crippen LogP contribution < -0.4 is 10.1 Å². The van der Waals surface area contributed by atoms with Crippen molar-refractivity contribution in [2.45, 2.75) is 19.4 Å². The van der Waals surface area contributed by atoms with Gasteiger partial charge in [-0.1, -0.05) is 12.1 Å². The van der Waals surface area contributed by atoms with Crippen molar-refractivity contribution in [3.63, 3.8) is 0 Å². The van der Waals surface area contributed by atoms with Crippen LogP contribution in [-0.4, -0.2) is 14.2 Å². The number of rotatable bonds is 5. The second-order valence-corrected chi connectivity index (χ2v) is 5.39. The number of thiophene rings is 1. The van der Waals surface area contributed by atoms with Crippen LogP contribution in [0.25, 0.3) is 0 Å². The van der Waals surface area contributed by atoms with Crippen LogP contribution in [0, 0.1) is 12.7 Å². The highest BCUT2D eigenvalue weighted by Gasteiger charge is 2.17. The summed E-state index contributed by atoms with van der Waals surface area (Å²) in [6, 6.07) is 7.49. The normalized spacial score (nSPS) is 12.4. The van der Waals surface area contributed by atoms with Crippen molar-refractivity contribution in [3.8, 4) is 5.75 Å². The first-order chi connectivity index (χ1) is 9.17. The zero-order chi connectivity index (χ0) is 13.8. The van der Waals surface area contributed by atoms with Crippen LogP contribution in [0.15, 0.2) is 29.6 Å². The Labute approximate surface area is 117 Å². The van der Waals surface area contributed by atoms with Gasteiger partial charge in [-0.15, -0.1) is 11.3 Å². The standard InChI is InChI=1S/C15H18FNOS/c1-10-7-8-19-15(10)12(17-2)9-11-5-4-6-13(18-3)14(11)16/h4-8,12,17H,9H2,1-3H3. The fourth-order valence-electron chi connectivity index (χ4n) is 2.16. The first-order valence-corrected chi connectivity index (χ1v) is 7.08. The molecule has 0 aliphatic carbocycles. The third-order valence-electron chi connectivity index (χ3n) is 3.25. The molecular formula is C15H18FNOS. The Kier molecular flexibility index (Phi) is 4.56. The molecule has 0 saturated carbocycles. The molecule has 1 unspecified atom stereocenters. The van der Waals surface area contributed by atoms with Gasteiger partial charge in [-0.3, -0.25) is 0 Å². The minimum absolute atomic E-state index is 0.126. The summed E-state index contributed by atoms with van der Waals surface area (Å²) in [7, 11) is 3.39. The van der Waals surface area contributed by atoms with E-state index < -0.39 is 0 Å². The molecule has 1 aromatic carbocycles. The molecule has 1 aromatic heterocycles. The predicted octanol–water partition coefficient (Wildman–Crippen LogP) is 3.71. The van der Waals surface area contributed by atoms with Crippen molar-refractivity contribution in [2.24, 2.45) is 0 Å². The van der Waals surface area contributed by atoms with E-state index in [2.05, 4.69) is 23.7 Å². The lowest BCUT2D eigenvalue weighted by Crippen LogP contribution is -2.19. The molecule has 0 bridgehead atoms. The highest BCUT2D eigenvalue weighted by molar-refractivity contribution is 7.10. The fraction of sp³-hybridized carbons (Fsp3) is 0.333. The average molecular weight is 279 g/mol. The van der Waals surface area contributed by atoms with Gasteiger partial charge in [0.2, 0.25) is 0 Å². The third-order valence-corrected chi connectivity index (χ3v) is 4.39. The van der Waals surface area contributed by atoms with Crippen molar-refractivity contribution in [1.82, 2.24) is 5.32 Å². The molecular weight excluding hydrogens is 261 g/mol. The number of halogens is 1. The van der Waals surface area contributed by atoms with Gasteiger partial charge >= 0.3 is 0 Å². The van der Waals surface area contributed by atoms with Gasteiger partial charge in [0.15, 0.2) is 11.6 Å². The molecule has 1 heterocycles. The molecule has 102 valence electrons. The quantitative estimate of drug-likeness (QED) is 0.901. The molecule has 0 spiro atoms. The van der Waals surface area contributed by atoms with Gasteiger partial charge in [0, 0.05) is 10.9 Å². The topological polar surface area (TPSA) is 21.3 Å². The molecule has 0 radical (unpaired) electrons. The maximum absolute atomic E-state index is 14.2. The van der Waals surface area contributed by atoms with E-state index in [0.717, 1.165) is 0 Å². The van der Waals surface area contributed by atoms with Gasteiger partial charge in [0.1, 0.15) is 0 Å². The van der Waals surface area contributed by atoms with Gasteiger partial charge in [-0.25, -0.2) is 4.39 Å². The minimum atomic E-state index is -0.264. The molecule has 19 heavy (non-hydrogen) atoms. The number of methoxy groups -OCH3 is 1. The zero-order valence-corrected chi connectivity index (χ0v) is 12.2. The third kappa shape index (κ3) is 2.96. The SMILES string of the molecule is CNC(Cc1cccc(OC)c1F)c1sccc1C. The van der Waals surface area contributed by atoms with Crippen LogP contribution >= 0.6 is 11.3 Å². The number of hydrogen-bond donors (Lipinski definition) is 1. The summed E-state index contributed by atoms with van der Waals surface area (Å²) in [5.41, 5.74) is 1.92. The van der Waals surface area contributed by atoms with Crippen molar-refractivity contribution < 1.29 is 9.13 Å². The molecule has 2 nitrogen and oxygen atoms in total.